The second kappa shape index (κ2) is 6.25. The summed E-state index contributed by atoms with van der Waals surface area (Å²) in [6.45, 7) is 5.28. The third-order valence-corrected chi connectivity index (χ3v) is 4.04. The predicted octanol–water partition coefficient (Wildman–Crippen LogP) is 2.68. The lowest BCUT2D eigenvalue weighted by Gasteiger charge is -2.38. The van der Waals surface area contributed by atoms with Crippen LogP contribution in [0.2, 0.25) is 0 Å². The van der Waals surface area contributed by atoms with Crippen LogP contribution >= 0.6 is 0 Å². The molecule has 3 heteroatoms. The quantitative estimate of drug-likeness (QED) is 0.926. The molecule has 0 bridgehead atoms. The molecule has 2 atom stereocenters. The molecule has 1 N–H and O–H groups in total. The average molecular weight is 270 g/mol. The molecule has 1 aromatic heterocycles. The number of piperazine rings is 1. The maximum absolute atomic E-state index is 5.48. The Bertz CT molecular complexity index is 509. The number of furan rings is 1. The van der Waals surface area contributed by atoms with E-state index in [2.05, 4.69) is 53.5 Å². The fourth-order valence-electron chi connectivity index (χ4n) is 2.85. The molecule has 0 amide bonds. The highest BCUT2D eigenvalue weighted by Gasteiger charge is 2.25. The minimum atomic E-state index is 0.517. The first-order valence-electron chi connectivity index (χ1n) is 7.35. The van der Waals surface area contributed by atoms with Crippen molar-refractivity contribution in [2.24, 2.45) is 0 Å². The molecule has 1 aromatic carbocycles. The summed E-state index contributed by atoms with van der Waals surface area (Å²) in [5.74, 6) is 1.05. The van der Waals surface area contributed by atoms with Crippen LogP contribution in [0.4, 0.5) is 0 Å². The van der Waals surface area contributed by atoms with Crippen molar-refractivity contribution >= 4 is 0 Å². The lowest BCUT2D eigenvalue weighted by molar-refractivity contribution is 0.124. The summed E-state index contributed by atoms with van der Waals surface area (Å²) >= 11 is 0. The summed E-state index contributed by atoms with van der Waals surface area (Å²) in [6.07, 6.45) is 2.84. The van der Waals surface area contributed by atoms with Crippen LogP contribution in [0.5, 0.6) is 0 Å². The average Bonchev–Trinajstić information content (AvgIpc) is 2.97. The monoisotopic (exact) mass is 270 g/mol. The van der Waals surface area contributed by atoms with Gasteiger partial charge in [-0.3, -0.25) is 4.90 Å². The Morgan fingerprint density at radius 1 is 1.20 bits per heavy atom. The summed E-state index contributed by atoms with van der Waals surface area (Å²) < 4.78 is 5.48. The first-order chi connectivity index (χ1) is 9.81. The molecule has 20 heavy (non-hydrogen) atoms. The van der Waals surface area contributed by atoms with E-state index in [-0.39, 0.29) is 0 Å². The minimum Gasteiger partial charge on any atom is -0.468 e. The van der Waals surface area contributed by atoms with Crippen molar-refractivity contribution in [1.82, 2.24) is 10.2 Å². The number of nitrogens with zero attached hydrogens (tertiary/aromatic N) is 1. The zero-order valence-electron chi connectivity index (χ0n) is 12.0. The van der Waals surface area contributed by atoms with Gasteiger partial charge in [0.15, 0.2) is 0 Å². The second-order valence-corrected chi connectivity index (χ2v) is 5.65. The van der Waals surface area contributed by atoms with Crippen molar-refractivity contribution in [3.63, 3.8) is 0 Å². The van der Waals surface area contributed by atoms with Crippen molar-refractivity contribution in [1.29, 1.82) is 0 Å². The van der Waals surface area contributed by atoms with E-state index in [1.807, 2.05) is 6.07 Å². The molecular formula is C17H22N2O. The van der Waals surface area contributed by atoms with Gasteiger partial charge < -0.3 is 9.73 Å². The Kier molecular flexibility index (Phi) is 4.19. The van der Waals surface area contributed by atoms with E-state index in [4.69, 9.17) is 4.42 Å². The number of rotatable bonds is 4. The lowest BCUT2D eigenvalue weighted by Crippen LogP contribution is -2.55. The van der Waals surface area contributed by atoms with Crippen molar-refractivity contribution in [2.75, 3.05) is 13.1 Å². The zero-order chi connectivity index (χ0) is 13.8. The number of nitrogens with one attached hydrogen (secondary N) is 1. The van der Waals surface area contributed by atoms with Gasteiger partial charge in [0.05, 0.1) is 12.8 Å². The summed E-state index contributed by atoms with van der Waals surface area (Å²) in [6, 6.07) is 15.8. The van der Waals surface area contributed by atoms with Crippen LogP contribution in [0.1, 0.15) is 18.2 Å². The van der Waals surface area contributed by atoms with Gasteiger partial charge in [-0.05, 0) is 31.0 Å². The number of benzene rings is 1. The van der Waals surface area contributed by atoms with Crippen molar-refractivity contribution in [3.8, 4) is 0 Å². The Morgan fingerprint density at radius 3 is 2.80 bits per heavy atom. The van der Waals surface area contributed by atoms with Crippen LogP contribution in [0.15, 0.2) is 53.1 Å². The summed E-state index contributed by atoms with van der Waals surface area (Å²) in [4.78, 5) is 2.50. The van der Waals surface area contributed by atoms with Gasteiger partial charge in [-0.25, -0.2) is 0 Å². The van der Waals surface area contributed by atoms with Crippen LogP contribution in [0.25, 0.3) is 0 Å². The maximum atomic E-state index is 5.48. The molecule has 1 aliphatic rings. The Labute approximate surface area is 120 Å². The van der Waals surface area contributed by atoms with E-state index in [1.165, 1.54) is 5.56 Å². The van der Waals surface area contributed by atoms with Crippen molar-refractivity contribution in [2.45, 2.75) is 32.0 Å². The van der Waals surface area contributed by atoms with Gasteiger partial charge in [0.1, 0.15) is 5.76 Å². The van der Waals surface area contributed by atoms with Gasteiger partial charge >= 0.3 is 0 Å². The van der Waals surface area contributed by atoms with E-state index in [9.17, 15) is 0 Å². The molecule has 2 unspecified atom stereocenters. The van der Waals surface area contributed by atoms with Crippen LogP contribution in [-0.4, -0.2) is 30.1 Å². The molecule has 1 fully saturated rings. The molecule has 0 aliphatic carbocycles. The first kappa shape index (κ1) is 13.4. The topological polar surface area (TPSA) is 28.4 Å². The molecule has 3 rings (SSSR count). The number of hydrogen-bond donors (Lipinski definition) is 1. The third-order valence-electron chi connectivity index (χ3n) is 4.04. The molecular weight excluding hydrogens is 248 g/mol. The molecule has 0 radical (unpaired) electrons. The van der Waals surface area contributed by atoms with E-state index >= 15 is 0 Å². The molecule has 1 saturated heterocycles. The van der Waals surface area contributed by atoms with Crippen LogP contribution in [0, 0.1) is 0 Å². The molecule has 0 saturated carbocycles. The molecule has 3 nitrogen and oxygen atoms in total. The fraction of sp³-hybridized carbons (Fsp3) is 0.412. The highest BCUT2D eigenvalue weighted by Crippen LogP contribution is 2.15. The predicted molar refractivity (Wildman–Crippen MR) is 80.5 cm³/mol. The van der Waals surface area contributed by atoms with Gasteiger partial charge in [-0.15, -0.1) is 0 Å². The third kappa shape index (κ3) is 3.30. The van der Waals surface area contributed by atoms with Crippen LogP contribution in [-0.2, 0) is 13.0 Å². The van der Waals surface area contributed by atoms with E-state index in [0.29, 0.717) is 12.1 Å². The molecule has 1 aliphatic heterocycles. The van der Waals surface area contributed by atoms with Crippen molar-refractivity contribution < 1.29 is 4.42 Å². The standard InChI is InChI=1S/C17H22N2O/c1-14-11-18-16(10-15-6-3-2-4-7-15)12-19(14)13-17-8-5-9-20-17/h2-9,14,16,18H,10-13H2,1H3. The second-order valence-electron chi connectivity index (χ2n) is 5.65. The molecule has 0 spiro atoms. The summed E-state index contributed by atoms with van der Waals surface area (Å²) in [5.41, 5.74) is 1.40. The normalized spacial score (nSPS) is 23.9. The summed E-state index contributed by atoms with van der Waals surface area (Å²) in [5, 5.41) is 3.65. The van der Waals surface area contributed by atoms with Crippen LogP contribution in [0.3, 0.4) is 0 Å². The Morgan fingerprint density at radius 2 is 2.05 bits per heavy atom. The van der Waals surface area contributed by atoms with Gasteiger partial charge in [0.25, 0.3) is 0 Å². The van der Waals surface area contributed by atoms with E-state index in [1.54, 1.807) is 6.26 Å². The zero-order valence-corrected chi connectivity index (χ0v) is 12.0. The minimum absolute atomic E-state index is 0.517. The lowest BCUT2D eigenvalue weighted by atomic mass is 10.0. The molecule has 106 valence electrons. The van der Waals surface area contributed by atoms with Crippen molar-refractivity contribution in [3.05, 3.63) is 60.1 Å². The highest BCUT2D eigenvalue weighted by molar-refractivity contribution is 5.16. The maximum Gasteiger partial charge on any atom is 0.117 e. The van der Waals surface area contributed by atoms with Gasteiger partial charge in [0, 0.05) is 25.2 Å². The highest BCUT2D eigenvalue weighted by atomic mass is 16.3. The Balaban J connectivity index is 1.61. The first-order valence-corrected chi connectivity index (χ1v) is 7.35. The Hall–Kier alpha value is -1.58. The summed E-state index contributed by atoms with van der Waals surface area (Å²) in [7, 11) is 0. The fourth-order valence-corrected chi connectivity index (χ4v) is 2.85. The van der Waals surface area contributed by atoms with Crippen LogP contribution < -0.4 is 5.32 Å². The molecule has 2 heterocycles. The van der Waals surface area contributed by atoms with Gasteiger partial charge in [0.2, 0.25) is 0 Å². The van der Waals surface area contributed by atoms with E-state index < -0.39 is 0 Å². The SMILES string of the molecule is CC1CNC(Cc2ccccc2)CN1Cc1ccco1. The van der Waals surface area contributed by atoms with Gasteiger partial charge in [-0.1, -0.05) is 30.3 Å². The van der Waals surface area contributed by atoms with Gasteiger partial charge in [-0.2, -0.15) is 0 Å². The smallest absolute Gasteiger partial charge is 0.117 e. The van der Waals surface area contributed by atoms with E-state index in [0.717, 1.165) is 31.8 Å². The molecule has 2 aromatic rings. The largest absolute Gasteiger partial charge is 0.468 e. The number of hydrogen-bond acceptors (Lipinski definition) is 3.